The van der Waals surface area contributed by atoms with Gasteiger partial charge in [-0.05, 0) is 43.7 Å². The highest BCUT2D eigenvalue weighted by atomic mass is 16.5. The molecule has 0 bridgehead atoms. The number of hydrogen-bond acceptors (Lipinski definition) is 3. The molecule has 1 fully saturated rings. The number of hydrogen-bond donors (Lipinski definition) is 1. The van der Waals surface area contributed by atoms with Gasteiger partial charge in [-0.15, -0.1) is 0 Å². The quantitative estimate of drug-likeness (QED) is 0.859. The summed E-state index contributed by atoms with van der Waals surface area (Å²) in [5, 5.41) is 3.38. The lowest BCUT2D eigenvalue weighted by Crippen LogP contribution is -2.29. The van der Waals surface area contributed by atoms with E-state index in [0.717, 1.165) is 49.3 Å². The molecule has 0 aromatic heterocycles. The maximum atomic E-state index is 6.35. The summed E-state index contributed by atoms with van der Waals surface area (Å²) in [6.45, 7) is 8.58. The van der Waals surface area contributed by atoms with E-state index in [1.54, 1.807) is 7.11 Å². The lowest BCUT2D eigenvalue weighted by Gasteiger charge is -2.32. The van der Waals surface area contributed by atoms with Crippen LogP contribution in [0.2, 0.25) is 0 Å². The predicted molar refractivity (Wildman–Crippen MR) is 87.0 cm³/mol. The normalized spacial score (nSPS) is 25.6. The van der Waals surface area contributed by atoms with Crippen LogP contribution >= 0.6 is 0 Å². The van der Waals surface area contributed by atoms with Crippen LogP contribution < -0.4 is 14.8 Å². The van der Waals surface area contributed by atoms with Crippen LogP contribution in [-0.4, -0.2) is 19.8 Å². The molecule has 0 spiro atoms. The SMILES string of the molecule is CCNCc1ccc(OC)cc1OC1CC(C)CC(C)C1. The van der Waals surface area contributed by atoms with Crippen molar-refractivity contribution in [3.63, 3.8) is 0 Å². The first kappa shape index (κ1) is 16.2. The monoisotopic (exact) mass is 291 g/mol. The van der Waals surface area contributed by atoms with Crippen LogP contribution in [0.25, 0.3) is 0 Å². The summed E-state index contributed by atoms with van der Waals surface area (Å²) in [7, 11) is 1.70. The Balaban J connectivity index is 2.12. The molecule has 0 aliphatic heterocycles. The molecule has 2 atom stereocenters. The van der Waals surface area contributed by atoms with Gasteiger partial charge in [0, 0.05) is 18.2 Å². The number of methoxy groups -OCH3 is 1. The summed E-state index contributed by atoms with van der Waals surface area (Å²) in [5.74, 6) is 3.34. The molecular weight excluding hydrogens is 262 g/mol. The molecule has 1 N–H and O–H groups in total. The average molecular weight is 291 g/mol. The third kappa shape index (κ3) is 4.63. The lowest BCUT2D eigenvalue weighted by molar-refractivity contribution is 0.0997. The minimum Gasteiger partial charge on any atom is -0.497 e. The van der Waals surface area contributed by atoms with E-state index in [2.05, 4.69) is 32.2 Å². The van der Waals surface area contributed by atoms with Crippen molar-refractivity contribution >= 4 is 0 Å². The Morgan fingerprint density at radius 1 is 1.14 bits per heavy atom. The van der Waals surface area contributed by atoms with Crippen molar-refractivity contribution < 1.29 is 9.47 Å². The zero-order chi connectivity index (χ0) is 15.2. The van der Waals surface area contributed by atoms with E-state index >= 15 is 0 Å². The fraction of sp³-hybridized carbons (Fsp3) is 0.667. The van der Waals surface area contributed by atoms with E-state index < -0.39 is 0 Å². The molecule has 2 unspecified atom stereocenters. The first-order valence-electron chi connectivity index (χ1n) is 8.16. The van der Waals surface area contributed by atoms with Crippen LogP contribution in [0.15, 0.2) is 18.2 Å². The van der Waals surface area contributed by atoms with Gasteiger partial charge in [-0.25, -0.2) is 0 Å². The van der Waals surface area contributed by atoms with Crippen molar-refractivity contribution in [1.82, 2.24) is 5.32 Å². The zero-order valence-electron chi connectivity index (χ0n) is 13.8. The first-order valence-corrected chi connectivity index (χ1v) is 8.16. The summed E-state index contributed by atoms with van der Waals surface area (Å²) in [6.07, 6.45) is 3.96. The van der Waals surface area contributed by atoms with Crippen LogP contribution in [0.4, 0.5) is 0 Å². The first-order chi connectivity index (χ1) is 10.1. The van der Waals surface area contributed by atoms with E-state index in [1.165, 1.54) is 12.0 Å². The van der Waals surface area contributed by atoms with Gasteiger partial charge >= 0.3 is 0 Å². The smallest absolute Gasteiger partial charge is 0.127 e. The standard InChI is InChI=1S/C18H29NO2/c1-5-19-12-15-6-7-16(20-4)11-18(15)21-17-9-13(2)8-14(3)10-17/h6-7,11,13-14,17,19H,5,8-10,12H2,1-4H3. The molecular formula is C18H29NO2. The lowest BCUT2D eigenvalue weighted by atomic mass is 9.82. The topological polar surface area (TPSA) is 30.5 Å². The summed E-state index contributed by atoms with van der Waals surface area (Å²) in [6, 6.07) is 6.13. The molecule has 0 amide bonds. The largest absolute Gasteiger partial charge is 0.497 e. The second-order valence-corrected chi connectivity index (χ2v) is 6.41. The Morgan fingerprint density at radius 2 is 1.86 bits per heavy atom. The van der Waals surface area contributed by atoms with E-state index in [9.17, 15) is 0 Å². The fourth-order valence-corrected chi connectivity index (χ4v) is 3.33. The Morgan fingerprint density at radius 3 is 2.48 bits per heavy atom. The molecule has 0 radical (unpaired) electrons. The van der Waals surface area contributed by atoms with Crippen LogP contribution in [0.3, 0.4) is 0 Å². The molecule has 118 valence electrons. The molecule has 0 saturated heterocycles. The van der Waals surface area contributed by atoms with Crippen molar-refractivity contribution in [2.45, 2.75) is 52.7 Å². The molecule has 1 aromatic carbocycles. The van der Waals surface area contributed by atoms with E-state index in [4.69, 9.17) is 9.47 Å². The maximum Gasteiger partial charge on any atom is 0.127 e. The van der Waals surface area contributed by atoms with Gasteiger partial charge in [0.2, 0.25) is 0 Å². The van der Waals surface area contributed by atoms with Gasteiger partial charge in [-0.2, -0.15) is 0 Å². The number of nitrogens with one attached hydrogen (secondary N) is 1. The molecule has 1 aromatic rings. The van der Waals surface area contributed by atoms with Crippen molar-refractivity contribution in [1.29, 1.82) is 0 Å². The summed E-state index contributed by atoms with van der Waals surface area (Å²) in [5.41, 5.74) is 1.21. The van der Waals surface area contributed by atoms with Gasteiger partial charge in [0.1, 0.15) is 11.5 Å². The molecule has 1 aliphatic rings. The summed E-state index contributed by atoms with van der Waals surface area (Å²) >= 11 is 0. The number of ether oxygens (including phenoxy) is 2. The third-order valence-corrected chi connectivity index (χ3v) is 4.27. The van der Waals surface area contributed by atoms with Crippen molar-refractivity contribution in [3.05, 3.63) is 23.8 Å². The highest BCUT2D eigenvalue weighted by Gasteiger charge is 2.25. The maximum absolute atomic E-state index is 6.35. The van der Waals surface area contributed by atoms with Crippen LogP contribution in [0.5, 0.6) is 11.5 Å². The Kier molecular flexibility index (Phi) is 5.92. The van der Waals surface area contributed by atoms with Gasteiger partial charge in [-0.3, -0.25) is 0 Å². The highest BCUT2D eigenvalue weighted by molar-refractivity contribution is 5.41. The summed E-state index contributed by atoms with van der Waals surface area (Å²) < 4.78 is 11.7. The molecule has 3 heteroatoms. The molecule has 21 heavy (non-hydrogen) atoms. The van der Waals surface area contributed by atoms with Gasteiger partial charge in [-0.1, -0.05) is 26.8 Å². The second-order valence-electron chi connectivity index (χ2n) is 6.41. The predicted octanol–water partition coefficient (Wildman–Crippen LogP) is 4.01. The summed E-state index contributed by atoms with van der Waals surface area (Å²) in [4.78, 5) is 0. The zero-order valence-corrected chi connectivity index (χ0v) is 13.8. The fourth-order valence-electron chi connectivity index (χ4n) is 3.33. The van der Waals surface area contributed by atoms with Gasteiger partial charge in [0.25, 0.3) is 0 Å². The van der Waals surface area contributed by atoms with Crippen molar-refractivity contribution in [3.8, 4) is 11.5 Å². The molecule has 3 nitrogen and oxygen atoms in total. The number of rotatable bonds is 6. The average Bonchev–Trinajstić information content (AvgIpc) is 2.44. The third-order valence-electron chi connectivity index (χ3n) is 4.27. The van der Waals surface area contributed by atoms with Gasteiger partial charge < -0.3 is 14.8 Å². The minimum absolute atomic E-state index is 0.330. The van der Waals surface area contributed by atoms with Gasteiger partial charge in [0.05, 0.1) is 13.2 Å². The van der Waals surface area contributed by atoms with Gasteiger partial charge in [0.15, 0.2) is 0 Å². The van der Waals surface area contributed by atoms with Crippen LogP contribution in [0.1, 0.15) is 45.6 Å². The molecule has 1 saturated carbocycles. The van der Waals surface area contributed by atoms with Crippen molar-refractivity contribution in [2.75, 3.05) is 13.7 Å². The van der Waals surface area contributed by atoms with Crippen LogP contribution in [-0.2, 0) is 6.54 Å². The Hall–Kier alpha value is -1.22. The minimum atomic E-state index is 0.330. The van der Waals surface area contributed by atoms with Crippen molar-refractivity contribution in [2.24, 2.45) is 11.8 Å². The van der Waals surface area contributed by atoms with E-state index in [0.29, 0.717) is 6.10 Å². The molecule has 1 aliphatic carbocycles. The molecule has 2 rings (SSSR count). The molecule has 0 heterocycles. The highest BCUT2D eigenvalue weighted by Crippen LogP contribution is 2.33. The Bertz CT molecular complexity index is 437. The Labute approximate surface area is 129 Å². The van der Waals surface area contributed by atoms with Crippen LogP contribution in [0, 0.1) is 11.8 Å². The second kappa shape index (κ2) is 7.69. The number of benzene rings is 1. The van der Waals surface area contributed by atoms with E-state index in [1.807, 2.05) is 12.1 Å². The van der Waals surface area contributed by atoms with E-state index in [-0.39, 0.29) is 0 Å².